The van der Waals surface area contributed by atoms with E-state index in [1.165, 1.54) is 19.3 Å². The Morgan fingerprint density at radius 1 is 0.917 bits per heavy atom. The van der Waals surface area contributed by atoms with Gasteiger partial charge in [0.15, 0.2) is 0 Å². The Bertz CT molecular complexity index is 531. The molecule has 3 heteroatoms. The fraction of sp³-hybridized carbons (Fsp3) is 0.952. The second-order valence-corrected chi connectivity index (χ2v) is 10.0. The van der Waals surface area contributed by atoms with E-state index in [0.717, 1.165) is 38.0 Å². The molecule has 0 amide bonds. The van der Waals surface area contributed by atoms with Crippen LogP contribution in [0.2, 0.25) is 0 Å². The molecule has 0 radical (unpaired) electrons. The van der Waals surface area contributed by atoms with Crippen molar-refractivity contribution in [3.8, 4) is 0 Å². The summed E-state index contributed by atoms with van der Waals surface area (Å²) in [6.45, 7) is 6.44. The van der Waals surface area contributed by atoms with Gasteiger partial charge in [-0.2, -0.15) is 0 Å². The third kappa shape index (κ3) is 2.19. The quantitative estimate of drug-likeness (QED) is 0.771. The van der Waals surface area contributed by atoms with Crippen molar-refractivity contribution in [3.05, 3.63) is 0 Å². The highest BCUT2D eigenvalue weighted by Gasteiger charge is 2.62. The second-order valence-electron chi connectivity index (χ2n) is 10.0. The van der Waals surface area contributed by atoms with Crippen LogP contribution in [0, 0.1) is 40.4 Å². The van der Waals surface area contributed by atoms with E-state index in [1.807, 2.05) is 0 Å². The van der Waals surface area contributed by atoms with Crippen molar-refractivity contribution < 1.29 is 15.0 Å². The molecule has 0 heterocycles. The second kappa shape index (κ2) is 5.54. The third-order valence-electron chi connectivity index (χ3n) is 9.10. The lowest BCUT2D eigenvalue weighted by Gasteiger charge is -2.60. The van der Waals surface area contributed by atoms with Crippen LogP contribution in [0.1, 0.15) is 72.1 Å². The van der Waals surface area contributed by atoms with Crippen LogP contribution < -0.4 is 0 Å². The summed E-state index contributed by atoms with van der Waals surface area (Å²) in [4.78, 5) is 12.2. The van der Waals surface area contributed by atoms with Crippen molar-refractivity contribution in [1.82, 2.24) is 0 Å². The number of ketones is 1. The molecule has 0 bridgehead atoms. The van der Waals surface area contributed by atoms with Gasteiger partial charge < -0.3 is 10.2 Å². The van der Waals surface area contributed by atoms with Gasteiger partial charge >= 0.3 is 0 Å². The minimum absolute atomic E-state index is 0.00376. The molecule has 3 nitrogen and oxygen atoms in total. The molecule has 0 aromatic heterocycles. The number of hydrogen-bond acceptors (Lipinski definition) is 3. The molecule has 0 aromatic carbocycles. The summed E-state index contributed by atoms with van der Waals surface area (Å²) >= 11 is 0. The smallest absolute Gasteiger partial charge is 0.136 e. The van der Waals surface area contributed by atoms with Gasteiger partial charge in [0.1, 0.15) is 5.78 Å². The first-order chi connectivity index (χ1) is 11.3. The highest BCUT2D eigenvalue weighted by molar-refractivity contribution is 5.80. The van der Waals surface area contributed by atoms with Gasteiger partial charge in [0.05, 0.1) is 12.2 Å². The van der Waals surface area contributed by atoms with Crippen molar-refractivity contribution >= 4 is 5.78 Å². The molecule has 0 saturated heterocycles. The van der Waals surface area contributed by atoms with E-state index in [2.05, 4.69) is 13.8 Å². The molecule has 0 aromatic rings. The Morgan fingerprint density at radius 2 is 1.62 bits per heavy atom. The number of aliphatic hydroxyl groups is 2. The zero-order valence-electron chi connectivity index (χ0n) is 15.5. The summed E-state index contributed by atoms with van der Waals surface area (Å²) in [5.41, 5.74) is 0.368. The van der Waals surface area contributed by atoms with Crippen LogP contribution in [-0.4, -0.2) is 28.2 Å². The number of aliphatic hydroxyl groups excluding tert-OH is 2. The molecule has 4 aliphatic rings. The van der Waals surface area contributed by atoms with E-state index in [4.69, 9.17) is 0 Å². The van der Waals surface area contributed by atoms with E-state index < -0.39 is 6.10 Å². The number of fused-ring (bicyclic) bond motifs is 5. The number of hydrogen-bond donors (Lipinski definition) is 2. The van der Waals surface area contributed by atoms with E-state index >= 15 is 0 Å². The highest BCUT2D eigenvalue weighted by Crippen LogP contribution is 2.67. The van der Waals surface area contributed by atoms with Crippen LogP contribution in [0.25, 0.3) is 0 Å². The monoisotopic (exact) mass is 334 g/mol. The summed E-state index contributed by atoms with van der Waals surface area (Å²) in [7, 11) is 0. The Morgan fingerprint density at radius 3 is 2.33 bits per heavy atom. The van der Waals surface area contributed by atoms with Gasteiger partial charge in [-0.1, -0.05) is 13.8 Å². The molecular weight excluding hydrogens is 300 g/mol. The molecule has 4 saturated carbocycles. The first-order valence-electron chi connectivity index (χ1n) is 10.1. The highest BCUT2D eigenvalue weighted by atomic mass is 16.3. The Hall–Kier alpha value is -0.410. The maximum atomic E-state index is 12.2. The van der Waals surface area contributed by atoms with E-state index in [9.17, 15) is 15.0 Å². The minimum Gasteiger partial charge on any atom is -0.393 e. The van der Waals surface area contributed by atoms with Crippen molar-refractivity contribution in [3.63, 3.8) is 0 Å². The lowest BCUT2D eigenvalue weighted by atomic mass is 9.44. The van der Waals surface area contributed by atoms with Crippen molar-refractivity contribution in [1.29, 1.82) is 0 Å². The fourth-order valence-electron chi connectivity index (χ4n) is 7.98. The van der Waals surface area contributed by atoms with E-state index in [0.29, 0.717) is 23.2 Å². The van der Waals surface area contributed by atoms with Gasteiger partial charge in [-0.05, 0) is 92.8 Å². The van der Waals surface area contributed by atoms with Gasteiger partial charge in [-0.25, -0.2) is 0 Å². The molecule has 136 valence electrons. The maximum absolute atomic E-state index is 12.2. The van der Waals surface area contributed by atoms with Gasteiger partial charge in [0, 0.05) is 5.92 Å². The summed E-state index contributed by atoms with van der Waals surface area (Å²) in [6.07, 6.45) is 8.14. The predicted molar refractivity (Wildman–Crippen MR) is 93.3 cm³/mol. The number of rotatable bonds is 1. The Balaban J connectivity index is 1.64. The number of Topliss-reactive ketones (excluding diaryl/α,β-unsaturated/α-hetero) is 1. The molecule has 0 spiro atoms. The van der Waals surface area contributed by atoms with E-state index in [-0.39, 0.29) is 23.2 Å². The van der Waals surface area contributed by atoms with Crippen LogP contribution in [-0.2, 0) is 4.79 Å². The van der Waals surface area contributed by atoms with Gasteiger partial charge in [0.2, 0.25) is 0 Å². The van der Waals surface area contributed by atoms with Crippen LogP contribution in [0.3, 0.4) is 0 Å². The lowest BCUT2D eigenvalue weighted by molar-refractivity contribution is -0.140. The van der Waals surface area contributed by atoms with Gasteiger partial charge in [-0.15, -0.1) is 0 Å². The molecule has 0 unspecified atom stereocenters. The molecule has 4 aliphatic carbocycles. The van der Waals surface area contributed by atoms with Crippen molar-refractivity contribution in [2.75, 3.05) is 0 Å². The van der Waals surface area contributed by atoms with E-state index in [1.54, 1.807) is 6.92 Å². The van der Waals surface area contributed by atoms with Crippen LogP contribution >= 0.6 is 0 Å². The molecule has 4 rings (SSSR count). The molecular formula is C21H34O3. The number of carbonyl (C=O) groups excluding carboxylic acids is 1. The number of carbonyl (C=O) groups is 1. The zero-order chi connectivity index (χ0) is 17.3. The molecule has 0 aliphatic heterocycles. The van der Waals surface area contributed by atoms with Crippen LogP contribution in [0.15, 0.2) is 0 Å². The Kier molecular flexibility index (Phi) is 3.93. The summed E-state index contributed by atoms with van der Waals surface area (Å²) in [5.74, 6) is 2.60. The minimum atomic E-state index is -0.435. The maximum Gasteiger partial charge on any atom is 0.136 e. The van der Waals surface area contributed by atoms with Gasteiger partial charge in [0.25, 0.3) is 0 Å². The molecule has 4 fully saturated rings. The zero-order valence-corrected chi connectivity index (χ0v) is 15.5. The normalized spacial score (nSPS) is 57.0. The van der Waals surface area contributed by atoms with Crippen LogP contribution in [0.4, 0.5) is 0 Å². The first-order valence-corrected chi connectivity index (χ1v) is 10.1. The van der Waals surface area contributed by atoms with Crippen molar-refractivity contribution in [2.24, 2.45) is 40.4 Å². The summed E-state index contributed by atoms with van der Waals surface area (Å²) < 4.78 is 0. The summed E-state index contributed by atoms with van der Waals surface area (Å²) in [5, 5.41) is 20.7. The first kappa shape index (κ1) is 17.0. The third-order valence-corrected chi connectivity index (χ3v) is 9.10. The standard InChI is InChI=1S/C21H34O3/c1-12(22)19-18(24)11-17-15-5-4-13-10-14(23)6-8-20(13,2)16(15)7-9-21(17,19)3/h13-19,23-24H,4-11H2,1-3H3/t13-,14+,15+,16-,17-,18+,19-,20-,21+/m0/s1. The average Bonchev–Trinajstić information content (AvgIpc) is 2.78. The SMILES string of the molecule is CC(=O)[C@H]1[C@H](O)C[C@H]2[C@@H]3CC[C@H]4C[C@H](O)CC[C@]4(C)[C@H]3CC[C@]21C. The lowest BCUT2D eigenvalue weighted by Crippen LogP contribution is -2.54. The topological polar surface area (TPSA) is 57.5 Å². The average molecular weight is 335 g/mol. The summed E-state index contributed by atoms with van der Waals surface area (Å²) in [6, 6.07) is 0. The van der Waals surface area contributed by atoms with Crippen molar-refractivity contribution in [2.45, 2.75) is 84.3 Å². The fourth-order valence-corrected chi connectivity index (χ4v) is 7.98. The van der Waals surface area contributed by atoms with Gasteiger partial charge in [-0.3, -0.25) is 4.79 Å². The van der Waals surface area contributed by atoms with Crippen LogP contribution in [0.5, 0.6) is 0 Å². The predicted octanol–water partition coefficient (Wildman–Crippen LogP) is 3.57. The molecule has 2 N–H and O–H groups in total. The molecule has 9 atom stereocenters. The Labute approximate surface area is 146 Å². The molecule has 24 heavy (non-hydrogen) atoms. The largest absolute Gasteiger partial charge is 0.393 e.